The number of hydrogen-bond donors (Lipinski definition) is 1. The molecule has 1 aromatic carbocycles. The van der Waals surface area contributed by atoms with Crippen molar-refractivity contribution in [1.29, 1.82) is 0 Å². The van der Waals surface area contributed by atoms with Crippen molar-refractivity contribution in [2.24, 2.45) is 0 Å². The molecule has 1 heterocycles. The van der Waals surface area contributed by atoms with Gasteiger partial charge in [-0.15, -0.1) is 0 Å². The number of hydrogen-bond acceptors (Lipinski definition) is 1. The fourth-order valence-corrected chi connectivity index (χ4v) is 1.17. The zero-order valence-corrected chi connectivity index (χ0v) is 6.64. The number of rotatable bonds is 1. The molecule has 2 heteroatoms. The summed E-state index contributed by atoms with van der Waals surface area (Å²) in [6.07, 6.45) is 3.85. The smallest absolute Gasteiger partial charge is 0.0497 e. The topological polar surface area (TPSA) is 30.9 Å². The normalized spacial score (nSPS) is 10.0. The molecule has 0 fully saturated rings. The molecule has 0 bridgehead atoms. The summed E-state index contributed by atoms with van der Waals surface area (Å²) >= 11 is 0. The summed E-state index contributed by atoms with van der Waals surface area (Å²) in [6.45, 7) is 0. The molecule has 0 radical (unpaired) electrons. The lowest BCUT2D eigenvalue weighted by molar-refractivity contribution is 1.08. The second-order valence-electron chi connectivity index (χ2n) is 2.69. The number of benzene rings is 1. The van der Waals surface area contributed by atoms with Gasteiger partial charge in [-0.25, -0.2) is 0 Å². The third-order valence-electron chi connectivity index (χ3n) is 1.77. The van der Waals surface area contributed by atoms with E-state index in [0.717, 1.165) is 11.4 Å². The van der Waals surface area contributed by atoms with E-state index in [-0.39, 0.29) is 0 Å². The predicted octanol–water partition coefficient (Wildman–Crippen LogP) is 2.06. The molecule has 0 spiro atoms. The van der Waals surface area contributed by atoms with Crippen LogP contribution in [-0.2, 0) is 0 Å². The molecule has 0 aliphatic rings. The Morgan fingerprint density at radius 1 is 1.00 bits per heavy atom. The highest BCUT2D eigenvalue weighted by molar-refractivity contribution is 5.41. The monoisotopic (exact) mass is 158 g/mol. The lowest BCUT2D eigenvalue weighted by atomic mass is 10.3. The van der Waals surface area contributed by atoms with E-state index >= 15 is 0 Å². The Kier molecular flexibility index (Phi) is 1.59. The van der Waals surface area contributed by atoms with Crippen LogP contribution < -0.4 is 5.73 Å². The van der Waals surface area contributed by atoms with Gasteiger partial charge in [0, 0.05) is 23.8 Å². The maximum atomic E-state index is 5.60. The van der Waals surface area contributed by atoms with Crippen molar-refractivity contribution in [2.75, 3.05) is 5.73 Å². The van der Waals surface area contributed by atoms with Gasteiger partial charge in [-0.3, -0.25) is 0 Å². The molecular weight excluding hydrogens is 148 g/mol. The molecule has 1 aromatic heterocycles. The molecule has 0 aliphatic heterocycles. The Balaban J connectivity index is 2.45. The summed E-state index contributed by atoms with van der Waals surface area (Å²) in [4.78, 5) is 0. The summed E-state index contributed by atoms with van der Waals surface area (Å²) in [5, 5.41) is 0. The Hall–Kier alpha value is -1.70. The van der Waals surface area contributed by atoms with Crippen LogP contribution in [0.2, 0.25) is 0 Å². The highest BCUT2D eigenvalue weighted by atomic mass is 15.0. The van der Waals surface area contributed by atoms with Crippen LogP contribution in [0.1, 0.15) is 0 Å². The predicted molar refractivity (Wildman–Crippen MR) is 50.2 cm³/mol. The van der Waals surface area contributed by atoms with Crippen molar-refractivity contribution < 1.29 is 0 Å². The third-order valence-corrected chi connectivity index (χ3v) is 1.77. The van der Waals surface area contributed by atoms with Crippen molar-refractivity contribution in [3.05, 3.63) is 48.8 Å². The van der Waals surface area contributed by atoms with Crippen molar-refractivity contribution in [2.45, 2.75) is 0 Å². The molecule has 12 heavy (non-hydrogen) atoms. The fraction of sp³-hybridized carbons (Fsp3) is 0. The molecule has 60 valence electrons. The quantitative estimate of drug-likeness (QED) is 0.676. The lowest BCUT2D eigenvalue weighted by Gasteiger charge is -1.99. The molecule has 2 N–H and O–H groups in total. The van der Waals surface area contributed by atoms with E-state index in [9.17, 15) is 0 Å². The van der Waals surface area contributed by atoms with E-state index in [1.165, 1.54) is 0 Å². The summed E-state index contributed by atoms with van der Waals surface area (Å²) < 4.78 is 2.00. The average Bonchev–Trinajstić information content (AvgIpc) is 2.54. The van der Waals surface area contributed by atoms with Crippen LogP contribution in [0.4, 0.5) is 5.69 Å². The molecule has 2 nitrogen and oxygen atoms in total. The molecule has 2 rings (SSSR count). The maximum Gasteiger partial charge on any atom is 0.0497 e. The van der Waals surface area contributed by atoms with Crippen LogP contribution in [0.25, 0.3) is 5.69 Å². The minimum Gasteiger partial charge on any atom is -0.397 e. The van der Waals surface area contributed by atoms with Crippen LogP contribution in [0.5, 0.6) is 0 Å². The number of aromatic nitrogens is 1. The standard InChI is InChI=1S/C10H10N2/c11-9-6-7-12(8-9)10-4-2-1-3-5-10/h1-8H,11H2. The average molecular weight is 158 g/mol. The zero-order valence-electron chi connectivity index (χ0n) is 6.64. The number of para-hydroxylation sites is 1. The number of nitrogens with zero attached hydrogens (tertiary/aromatic N) is 1. The van der Waals surface area contributed by atoms with Gasteiger partial charge in [-0.2, -0.15) is 0 Å². The van der Waals surface area contributed by atoms with E-state index in [0.29, 0.717) is 0 Å². The van der Waals surface area contributed by atoms with E-state index in [1.54, 1.807) is 0 Å². The molecule has 0 amide bonds. The van der Waals surface area contributed by atoms with Gasteiger partial charge < -0.3 is 10.3 Å². The largest absolute Gasteiger partial charge is 0.397 e. The van der Waals surface area contributed by atoms with Crippen LogP contribution in [0, 0.1) is 0 Å². The first-order chi connectivity index (χ1) is 5.86. The van der Waals surface area contributed by atoms with E-state index in [4.69, 9.17) is 5.73 Å². The van der Waals surface area contributed by atoms with Gasteiger partial charge in [0.25, 0.3) is 0 Å². The molecule has 0 atom stereocenters. The van der Waals surface area contributed by atoms with Gasteiger partial charge >= 0.3 is 0 Å². The van der Waals surface area contributed by atoms with Gasteiger partial charge in [-0.1, -0.05) is 18.2 Å². The van der Waals surface area contributed by atoms with Crippen molar-refractivity contribution >= 4 is 5.69 Å². The van der Waals surface area contributed by atoms with Crippen LogP contribution in [-0.4, -0.2) is 4.57 Å². The lowest BCUT2D eigenvalue weighted by Crippen LogP contribution is -1.88. The Morgan fingerprint density at radius 3 is 2.33 bits per heavy atom. The second kappa shape index (κ2) is 2.74. The first-order valence-corrected chi connectivity index (χ1v) is 3.85. The number of anilines is 1. The maximum absolute atomic E-state index is 5.60. The van der Waals surface area contributed by atoms with Gasteiger partial charge in [0.15, 0.2) is 0 Å². The Bertz CT molecular complexity index is 362. The van der Waals surface area contributed by atoms with Crippen LogP contribution in [0.15, 0.2) is 48.8 Å². The van der Waals surface area contributed by atoms with Crippen molar-refractivity contribution in [3.8, 4) is 5.69 Å². The van der Waals surface area contributed by atoms with Crippen molar-refractivity contribution in [1.82, 2.24) is 4.57 Å². The highest BCUT2D eigenvalue weighted by Crippen LogP contribution is 2.10. The molecule has 0 saturated heterocycles. The minimum absolute atomic E-state index is 0.791. The van der Waals surface area contributed by atoms with E-state index < -0.39 is 0 Å². The van der Waals surface area contributed by atoms with E-state index in [2.05, 4.69) is 0 Å². The second-order valence-corrected chi connectivity index (χ2v) is 2.69. The number of nitrogen functional groups attached to an aromatic ring is 1. The van der Waals surface area contributed by atoms with Gasteiger partial charge in [-0.05, 0) is 18.2 Å². The fourth-order valence-electron chi connectivity index (χ4n) is 1.17. The van der Waals surface area contributed by atoms with E-state index in [1.807, 2.05) is 53.4 Å². The van der Waals surface area contributed by atoms with Crippen molar-refractivity contribution in [3.63, 3.8) is 0 Å². The molecule has 0 saturated carbocycles. The third kappa shape index (κ3) is 1.19. The van der Waals surface area contributed by atoms with Gasteiger partial charge in [0.1, 0.15) is 0 Å². The molecule has 0 aliphatic carbocycles. The minimum atomic E-state index is 0.791. The Labute approximate surface area is 71.2 Å². The first-order valence-electron chi connectivity index (χ1n) is 3.85. The van der Waals surface area contributed by atoms with Crippen LogP contribution in [0.3, 0.4) is 0 Å². The summed E-state index contributed by atoms with van der Waals surface area (Å²) in [5.41, 5.74) is 7.52. The SMILES string of the molecule is Nc1ccn(-c2ccccc2)c1. The van der Waals surface area contributed by atoms with Crippen LogP contribution >= 0.6 is 0 Å². The number of nitrogens with two attached hydrogens (primary N) is 1. The summed E-state index contributed by atoms with van der Waals surface area (Å²) in [5.74, 6) is 0. The first kappa shape index (κ1) is 6.98. The zero-order chi connectivity index (χ0) is 8.39. The van der Waals surface area contributed by atoms with Gasteiger partial charge in [0.2, 0.25) is 0 Å². The molecular formula is C10H10N2. The molecule has 0 unspecified atom stereocenters. The summed E-state index contributed by atoms with van der Waals surface area (Å²) in [6, 6.07) is 12.0. The highest BCUT2D eigenvalue weighted by Gasteiger charge is 1.93. The Morgan fingerprint density at radius 2 is 1.75 bits per heavy atom. The molecule has 2 aromatic rings. The van der Waals surface area contributed by atoms with Gasteiger partial charge in [0.05, 0.1) is 0 Å². The summed E-state index contributed by atoms with van der Waals surface area (Å²) in [7, 11) is 0.